The van der Waals surface area contributed by atoms with Crippen molar-refractivity contribution in [2.45, 2.75) is 0 Å². The van der Waals surface area contributed by atoms with Gasteiger partial charge in [-0.05, 0) is 0 Å². The summed E-state index contributed by atoms with van der Waals surface area (Å²) in [6, 6.07) is 0. The van der Waals surface area contributed by atoms with Gasteiger partial charge in [0.05, 0.1) is 0 Å². The second-order valence-corrected chi connectivity index (χ2v) is 1.22. The second-order valence-electron chi connectivity index (χ2n) is 0.408. The van der Waals surface area contributed by atoms with E-state index in [1.54, 1.807) is 0 Å². The van der Waals surface area contributed by atoms with Gasteiger partial charge in [0.2, 0.25) is 0 Å². The molecule has 0 fully saturated rings. The number of hydrogen-bond donors (Lipinski definition) is 2. The van der Waals surface area contributed by atoms with E-state index in [-0.39, 0.29) is 12.3 Å². The van der Waals surface area contributed by atoms with Crippen molar-refractivity contribution in [2.24, 2.45) is 0 Å². The Bertz CT molecular complexity index is 92.9. The van der Waals surface area contributed by atoms with Crippen LogP contribution in [0.1, 0.15) is 0 Å². The molecular formula is H8N2O4S. The summed E-state index contributed by atoms with van der Waals surface area (Å²) in [4.78, 5) is 0. The zero-order valence-electron chi connectivity index (χ0n) is 4.04. The standard InChI is InChI=1S/2H3N.H2O4S/c;;1-5(2,3)4/h2*1H3;(H2,1,2,3,4)/i;;5+2. The predicted octanol–water partition coefficient (Wildman–Crippen LogP) is -0.586. The fourth-order valence-electron chi connectivity index (χ4n) is 0. The van der Waals surface area contributed by atoms with Crippen molar-refractivity contribution in [3.63, 3.8) is 0 Å². The van der Waals surface area contributed by atoms with Crippen molar-refractivity contribution in [3.05, 3.63) is 0 Å². The summed E-state index contributed by atoms with van der Waals surface area (Å²) in [5.74, 6) is 0. The van der Waals surface area contributed by atoms with E-state index in [9.17, 15) is 0 Å². The van der Waals surface area contributed by atoms with Crippen LogP contribution in [0.4, 0.5) is 0 Å². The molecule has 8 N–H and O–H groups in total. The largest absolute Gasteiger partial charge is 0.759 e. The first kappa shape index (κ1) is 15.8. The van der Waals surface area contributed by atoms with E-state index in [0.717, 1.165) is 0 Å². The van der Waals surface area contributed by atoms with E-state index in [0.29, 0.717) is 0 Å². The predicted molar refractivity (Wildman–Crippen MR) is 22.4 cm³/mol. The quantitative estimate of drug-likeness (QED) is 0.258. The SMILES string of the molecule is O=[34S](=O)([O-])[O-].[NH4+].[NH4+]. The van der Waals surface area contributed by atoms with Gasteiger partial charge in [-0.1, -0.05) is 0 Å². The van der Waals surface area contributed by atoms with Crippen LogP contribution in [0.15, 0.2) is 0 Å². The third-order valence-electron chi connectivity index (χ3n) is 0. The highest BCUT2D eigenvalue weighted by Crippen LogP contribution is 1.57. The third kappa shape index (κ3) is 1890. The van der Waals surface area contributed by atoms with Crippen LogP contribution in [0.5, 0.6) is 0 Å². The first-order chi connectivity index (χ1) is 2.00. The Morgan fingerprint density at radius 2 is 1.00 bits per heavy atom. The lowest BCUT2D eigenvalue weighted by Gasteiger charge is -2.06. The van der Waals surface area contributed by atoms with Crippen LogP contribution >= 0.6 is 0 Å². The Labute approximate surface area is 41.3 Å². The summed E-state index contributed by atoms with van der Waals surface area (Å²) >= 11 is 0. The van der Waals surface area contributed by atoms with E-state index in [4.69, 9.17) is 17.5 Å². The summed E-state index contributed by atoms with van der Waals surface area (Å²) < 4.78 is 34.1. The molecule has 0 aromatic carbocycles. The van der Waals surface area contributed by atoms with Gasteiger partial charge in [0.15, 0.2) is 0 Å². The number of rotatable bonds is 0. The summed E-state index contributed by atoms with van der Waals surface area (Å²) in [7, 11) is -5.17. The zero-order chi connectivity index (χ0) is 4.50. The Balaban J connectivity index is -0.0000000800. The lowest BCUT2D eigenvalue weighted by molar-refractivity contribution is 0.352. The zero-order valence-corrected chi connectivity index (χ0v) is 4.86. The van der Waals surface area contributed by atoms with E-state index < -0.39 is 10.4 Å². The summed E-state index contributed by atoms with van der Waals surface area (Å²) in [5, 5.41) is 0. The van der Waals surface area contributed by atoms with Crippen LogP contribution in [-0.2, 0) is 10.4 Å². The van der Waals surface area contributed by atoms with Gasteiger partial charge < -0.3 is 21.4 Å². The number of quaternary nitrogens is 2. The van der Waals surface area contributed by atoms with E-state index in [1.165, 1.54) is 0 Å². The van der Waals surface area contributed by atoms with E-state index in [2.05, 4.69) is 0 Å². The summed E-state index contributed by atoms with van der Waals surface area (Å²) in [5.41, 5.74) is 0. The van der Waals surface area contributed by atoms with Crippen molar-refractivity contribution in [3.8, 4) is 0 Å². The highest BCUT2D eigenvalue weighted by Gasteiger charge is 1.49. The van der Waals surface area contributed by atoms with E-state index in [1.807, 2.05) is 0 Å². The van der Waals surface area contributed by atoms with E-state index >= 15 is 0 Å². The average Bonchev–Trinajstić information content (AvgIpc) is 0.722. The smallest absolute Gasteiger partial charge is 0.0311 e. The molecule has 0 aliphatic rings. The molecule has 6 nitrogen and oxygen atoms in total. The monoisotopic (exact) mass is 134 g/mol. The van der Waals surface area contributed by atoms with Gasteiger partial charge in [-0.2, -0.15) is 0 Å². The normalized spacial score (nSPS) is 8.29. The van der Waals surface area contributed by atoms with Gasteiger partial charge in [0.25, 0.3) is 0 Å². The molecule has 0 radical (unpaired) electrons. The molecule has 0 atom stereocenters. The molecule has 0 bridgehead atoms. The number of hydrogen-bond acceptors (Lipinski definition) is 4. The molecule has 7 heavy (non-hydrogen) atoms. The molecule has 0 saturated carbocycles. The Morgan fingerprint density at radius 1 is 1.00 bits per heavy atom. The Hall–Kier alpha value is -0.210. The van der Waals surface area contributed by atoms with Crippen LogP contribution in [0.25, 0.3) is 0 Å². The molecule has 0 aliphatic heterocycles. The maximum absolute atomic E-state index is 8.52. The molecule has 0 aromatic rings. The molecule has 0 spiro atoms. The summed E-state index contributed by atoms with van der Waals surface area (Å²) in [6.45, 7) is 0. The van der Waals surface area contributed by atoms with Gasteiger partial charge >= 0.3 is 0 Å². The Kier molecular flexibility index (Phi) is 8.97. The van der Waals surface area contributed by atoms with Crippen LogP contribution < -0.4 is 12.3 Å². The van der Waals surface area contributed by atoms with Gasteiger partial charge in [-0.25, -0.2) is 0 Å². The highest BCUT2D eigenvalue weighted by atomic mass is 34.1. The summed E-state index contributed by atoms with van der Waals surface area (Å²) in [6.07, 6.45) is 0. The fraction of sp³-hybridized carbons (Fsp3) is 0. The molecule has 0 unspecified atom stereocenters. The Morgan fingerprint density at radius 3 is 1.00 bits per heavy atom. The third-order valence-corrected chi connectivity index (χ3v) is 0. The molecule has 0 heterocycles. The highest BCUT2D eigenvalue weighted by molar-refractivity contribution is 7.79. The van der Waals surface area contributed by atoms with Crippen molar-refractivity contribution >= 4 is 10.4 Å². The minimum absolute atomic E-state index is 0. The molecule has 0 saturated heterocycles. The van der Waals surface area contributed by atoms with Crippen LogP contribution in [0, 0.1) is 0 Å². The maximum atomic E-state index is 8.52. The van der Waals surface area contributed by atoms with Crippen molar-refractivity contribution in [1.29, 1.82) is 0 Å². The van der Waals surface area contributed by atoms with Gasteiger partial charge in [-0.15, -0.1) is 0 Å². The average molecular weight is 134 g/mol. The first-order valence-corrected chi connectivity index (χ1v) is 2.00. The molecule has 0 aliphatic carbocycles. The molecule has 7 heteroatoms. The minimum Gasteiger partial charge on any atom is -0.759 e. The van der Waals surface area contributed by atoms with Gasteiger partial charge in [0, 0.05) is 10.4 Å². The van der Waals surface area contributed by atoms with Crippen molar-refractivity contribution in [1.82, 2.24) is 12.3 Å². The van der Waals surface area contributed by atoms with Gasteiger partial charge in [-0.3, -0.25) is 8.42 Å². The van der Waals surface area contributed by atoms with Crippen LogP contribution in [0.2, 0.25) is 0 Å². The fourth-order valence-corrected chi connectivity index (χ4v) is 0. The lowest BCUT2D eigenvalue weighted by Crippen LogP contribution is -1.91. The van der Waals surface area contributed by atoms with Crippen molar-refractivity contribution in [2.75, 3.05) is 0 Å². The molecule has 48 valence electrons. The lowest BCUT2D eigenvalue weighted by atomic mass is 14.0. The maximum Gasteiger partial charge on any atom is 0.0311 e. The first-order valence-electron chi connectivity index (χ1n) is 0.667. The van der Waals surface area contributed by atoms with Crippen molar-refractivity contribution < 1.29 is 17.5 Å². The molecule has 0 aromatic heterocycles. The topological polar surface area (TPSA) is 153 Å². The molecule has 0 amide bonds. The second kappa shape index (κ2) is 3.96. The molecular weight excluding hydrogens is 126 g/mol. The van der Waals surface area contributed by atoms with Gasteiger partial charge in [0.1, 0.15) is 0 Å². The van der Waals surface area contributed by atoms with Crippen LogP contribution in [0.3, 0.4) is 0 Å². The minimum atomic E-state index is -5.17. The molecule has 0 rings (SSSR count). The van der Waals surface area contributed by atoms with Crippen LogP contribution in [-0.4, -0.2) is 17.5 Å².